The predicted octanol–water partition coefficient (Wildman–Crippen LogP) is 2.36. The van der Waals surface area contributed by atoms with Gasteiger partial charge in [0, 0.05) is 6.08 Å². The number of carbonyl (C=O) groups is 2. The summed E-state index contributed by atoms with van der Waals surface area (Å²) >= 11 is 0. The van der Waals surface area contributed by atoms with E-state index in [9.17, 15) is 14.0 Å². The molecule has 0 aromatic heterocycles. The minimum atomic E-state index is -0.644. The summed E-state index contributed by atoms with van der Waals surface area (Å²) in [6, 6.07) is 5.80. The van der Waals surface area contributed by atoms with Crippen molar-refractivity contribution in [2.45, 2.75) is 6.10 Å². The molecule has 5 heteroatoms. The molecular formula is C16H12FNO3. The molecule has 4 nitrogen and oxygen atoms in total. The van der Waals surface area contributed by atoms with Crippen molar-refractivity contribution in [2.75, 3.05) is 5.32 Å². The molecule has 0 unspecified atom stereocenters. The van der Waals surface area contributed by atoms with Gasteiger partial charge in [0.05, 0.1) is 11.6 Å². The average molecular weight is 285 g/mol. The molecule has 0 radical (unpaired) electrons. The Kier molecular flexibility index (Phi) is 3.39. The van der Waals surface area contributed by atoms with E-state index >= 15 is 0 Å². The highest BCUT2D eigenvalue weighted by molar-refractivity contribution is 6.08. The van der Waals surface area contributed by atoms with Crippen LogP contribution in [0.4, 0.5) is 10.1 Å². The van der Waals surface area contributed by atoms with Crippen molar-refractivity contribution in [3.05, 3.63) is 66.2 Å². The van der Waals surface area contributed by atoms with Gasteiger partial charge < -0.3 is 10.1 Å². The number of benzene rings is 1. The maximum absolute atomic E-state index is 13.5. The van der Waals surface area contributed by atoms with Crippen LogP contribution in [0.1, 0.15) is 0 Å². The Balaban J connectivity index is 1.79. The number of ether oxygens (including phenoxy) is 1. The van der Waals surface area contributed by atoms with Crippen molar-refractivity contribution >= 4 is 17.4 Å². The maximum atomic E-state index is 13.5. The first-order valence-corrected chi connectivity index (χ1v) is 6.48. The van der Waals surface area contributed by atoms with Crippen molar-refractivity contribution in [2.24, 2.45) is 5.92 Å². The third-order valence-electron chi connectivity index (χ3n) is 3.30. The lowest BCUT2D eigenvalue weighted by atomic mass is 9.91. The fourth-order valence-corrected chi connectivity index (χ4v) is 2.23. The number of ketones is 1. The number of hydrogen-bond donors (Lipinski definition) is 1. The van der Waals surface area contributed by atoms with E-state index in [1.807, 2.05) is 0 Å². The van der Waals surface area contributed by atoms with Crippen molar-refractivity contribution in [3.63, 3.8) is 0 Å². The van der Waals surface area contributed by atoms with E-state index in [1.54, 1.807) is 30.4 Å². The van der Waals surface area contributed by atoms with Crippen molar-refractivity contribution in [3.8, 4) is 0 Å². The van der Waals surface area contributed by atoms with E-state index in [0.29, 0.717) is 0 Å². The molecule has 2 aliphatic rings. The van der Waals surface area contributed by atoms with E-state index in [-0.39, 0.29) is 17.2 Å². The lowest BCUT2D eigenvalue weighted by molar-refractivity contribution is -0.125. The van der Waals surface area contributed by atoms with Gasteiger partial charge in [-0.15, -0.1) is 0 Å². The summed E-state index contributed by atoms with van der Waals surface area (Å²) in [5, 5.41) is 2.39. The van der Waals surface area contributed by atoms with Crippen molar-refractivity contribution in [1.82, 2.24) is 0 Å². The number of rotatable bonds is 2. The molecule has 0 bridgehead atoms. The van der Waals surface area contributed by atoms with Gasteiger partial charge in [-0.1, -0.05) is 30.4 Å². The standard InChI is InChI=1S/C16H12FNO3/c17-11-6-2-3-7-12(11)18-16(20)15-9-13(19)10-5-1-4-8-14(10)21-15/h1-10,14H,(H,18,20)/t10-,14-/m0/s1. The molecule has 1 heterocycles. The van der Waals surface area contributed by atoms with Crippen LogP contribution in [-0.4, -0.2) is 17.8 Å². The van der Waals surface area contributed by atoms with Gasteiger partial charge in [-0.05, 0) is 18.2 Å². The lowest BCUT2D eigenvalue weighted by Crippen LogP contribution is -2.35. The minimum Gasteiger partial charge on any atom is -0.479 e. The number of anilines is 1. The topological polar surface area (TPSA) is 55.4 Å². The number of para-hydroxylation sites is 1. The first-order chi connectivity index (χ1) is 10.1. The molecule has 1 amide bonds. The van der Waals surface area contributed by atoms with E-state index in [2.05, 4.69) is 5.32 Å². The fourth-order valence-electron chi connectivity index (χ4n) is 2.23. The van der Waals surface area contributed by atoms with Gasteiger partial charge in [0.2, 0.25) is 0 Å². The Morgan fingerprint density at radius 2 is 1.95 bits per heavy atom. The van der Waals surface area contributed by atoms with Crippen LogP contribution in [0.25, 0.3) is 0 Å². The molecular weight excluding hydrogens is 273 g/mol. The van der Waals surface area contributed by atoms with E-state index in [4.69, 9.17) is 4.74 Å². The molecule has 3 rings (SSSR count). The molecule has 106 valence electrons. The minimum absolute atomic E-state index is 0.0423. The van der Waals surface area contributed by atoms with E-state index in [1.165, 1.54) is 18.2 Å². The number of carbonyl (C=O) groups excluding carboxylic acids is 2. The van der Waals surface area contributed by atoms with Gasteiger partial charge >= 0.3 is 0 Å². The third kappa shape index (κ3) is 2.63. The first kappa shape index (κ1) is 13.3. The quantitative estimate of drug-likeness (QED) is 0.907. The highest BCUT2D eigenvalue weighted by atomic mass is 19.1. The first-order valence-electron chi connectivity index (χ1n) is 6.48. The lowest BCUT2D eigenvalue weighted by Gasteiger charge is -2.28. The third-order valence-corrected chi connectivity index (χ3v) is 3.30. The molecule has 0 fully saturated rings. The number of halogens is 1. The second-order valence-corrected chi connectivity index (χ2v) is 4.72. The second-order valence-electron chi connectivity index (χ2n) is 4.72. The highest BCUT2D eigenvalue weighted by Gasteiger charge is 2.33. The fraction of sp³-hybridized carbons (Fsp3) is 0.125. The number of hydrogen-bond acceptors (Lipinski definition) is 3. The van der Waals surface area contributed by atoms with Gasteiger partial charge in [0.1, 0.15) is 11.9 Å². The normalized spacial score (nSPS) is 23.1. The van der Waals surface area contributed by atoms with Crippen LogP contribution in [0.15, 0.2) is 60.4 Å². The summed E-state index contributed by atoms with van der Waals surface area (Å²) < 4.78 is 19.0. The van der Waals surface area contributed by atoms with Crippen molar-refractivity contribution in [1.29, 1.82) is 0 Å². The van der Waals surface area contributed by atoms with E-state index in [0.717, 1.165) is 6.08 Å². The summed E-state index contributed by atoms with van der Waals surface area (Å²) in [6.45, 7) is 0. The monoisotopic (exact) mass is 285 g/mol. The summed E-state index contributed by atoms with van der Waals surface area (Å²) in [5.41, 5.74) is 0.0423. The summed E-state index contributed by atoms with van der Waals surface area (Å²) in [7, 11) is 0. The van der Waals surface area contributed by atoms with Crippen LogP contribution in [0, 0.1) is 11.7 Å². The number of amides is 1. The second kappa shape index (κ2) is 5.36. The predicted molar refractivity (Wildman–Crippen MR) is 74.8 cm³/mol. The Morgan fingerprint density at radius 3 is 2.76 bits per heavy atom. The van der Waals surface area contributed by atoms with Gasteiger partial charge in [0.15, 0.2) is 11.5 Å². The van der Waals surface area contributed by atoms with Crippen LogP contribution in [-0.2, 0) is 14.3 Å². The number of nitrogens with one attached hydrogen (secondary N) is 1. The molecule has 1 aromatic carbocycles. The van der Waals surface area contributed by atoms with Gasteiger partial charge in [-0.2, -0.15) is 0 Å². The number of allylic oxidation sites excluding steroid dienone is 3. The van der Waals surface area contributed by atoms with Gasteiger partial charge in [-0.3, -0.25) is 9.59 Å². The molecule has 1 aromatic rings. The van der Waals surface area contributed by atoms with Crippen molar-refractivity contribution < 1.29 is 18.7 Å². The molecule has 0 spiro atoms. The van der Waals surface area contributed by atoms with Crippen LogP contribution >= 0.6 is 0 Å². The Hall–Kier alpha value is -2.69. The summed E-state index contributed by atoms with van der Waals surface area (Å²) in [6.07, 6.45) is 7.63. The zero-order valence-corrected chi connectivity index (χ0v) is 11.0. The molecule has 1 aliphatic heterocycles. The summed E-state index contributed by atoms with van der Waals surface area (Å²) in [4.78, 5) is 24.0. The van der Waals surface area contributed by atoms with Crippen LogP contribution in [0.3, 0.4) is 0 Å². The van der Waals surface area contributed by atoms with Gasteiger partial charge in [0.25, 0.3) is 5.91 Å². The summed E-state index contributed by atoms with van der Waals surface area (Å²) in [5.74, 6) is -1.91. The molecule has 0 saturated heterocycles. The van der Waals surface area contributed by atoms with Crippen LogP contribution in [0.2, 0.25) is 0 Å². The zero-order chi connectivity index (χ0) is 14.8. The zero-order valence-electron chi connectivity index (χ0n) is 11.0. The van der Waals surface area contributed by atoms with Crippen LogP contribution < -0.4 is 5.32 Å². The molecule has 1 aliphatic carbocycles. The maximum Gasteiger partial charge on any atom is 0.290 e. The molecule has 2 atom stereocenters. The number of fused-ring (bicyclic) bond motifs is 1. The largest absolute Gasteiger partial charge is 0.479 e. The highest BCUT2D eigenvalue weighted by Crippen LogP contribution is 2.26. The van der Waals surface area contributed by atoms with Crippen LogP contribution in [0.5, 0.6) is 0 Å². The molecule has 1 N–H and O–H groups in total. The Morgan fingerprint density at radius 1 is 1.19 bits per heavy atom. The Bertz CT molecular complexity index is 691. The SMILES string of the molecule is O=C(Nc1ccccc1F)C1=CC(=O)[C@@H]2C=CC=C[C@@H]2O1. The average Bonchev–Trinajstić information content (AvgIpc) is 2.49. The molecule has 0 saturated carbocycles. The van der Waals surface area contributed by atoms with E-state index < -0.39 is 23.7 Å². The smallest absolute Gasteiger partial charge is 0.290 e. The Labute approximate surface area is 120 Å². The molecule has 21 heavy (non-hydrogen) atoms. The van der Waals surface area contributed by atoms with Gasteiger partial charge in [-0.25, -0.2) is 4.39 Å².